The van der Waals surface area contributed by atoms with Crippen molar-refractivity contribution >= 4 is 35.8 Å². The molecule has 0 aromatic carbocycles. The molecule has 0 aromatic rings. The van der Waals surface area contributed by atoms with E-state index in [1.54, 1.807) is 34.6 Å². The number of esters is 6. The smallest absolute Gasteiger partial charge is 0.333 e. The Hall–Kier alpha value is -3.74. The SMILES string of the molecule is C=C(C)C(=O)OCCCCC(=O)OC1C[C@H](OC(=O)CCCCOC(=O)C(C)(C)C)[C@H](OC(=O)CCCCOC(=O)C(=C)C)CO1. The van der Waals surface area contributed by atoms with Crippen molar-refractivity contribution in [3.63, 3.8) is 0 Å². The van der Waals surface area contributed by atoms with Crippen LogP contribution in [-0.4, -0.2) is 80.7 Å². The highest BCUT2D eigenvalue weighted by Crippen LogP contribution is 2.23. The van der Waals surface area contributed by atoms with Gasteiger partial charge in [0, 0.05) is 30.4 Å². The van der Waals surface area contributed by atoms with Crippen molar-refractivity contribution in [3.05, 3.63) is 24.3 Å². The number of carbonyl (C=O) groups excluding carboxylic acids is 6. The maximum absolute atomic E-state index is 12.7. The topological polar surface area (TPSA) is 167 Å². The first kappa shape index (κ1) is 40.3. The van der Waals surface area contributed by atoms with Crippen LogP contribution in [0.1, 0.15) is 98.8 Å². The maximum atomic E-state index is 12.7. The molecule has 1 saturated heterocycles. The Morgan fingerprint density at radius 1 is 0.630 bits per heavy atom. The van der Waals surface area contributed by atoms with Crippen LogP contribution < -0.4 is 0 Å². The number of ether oxygens (including phenoxy) is 7. The van der Waals surface area contributed by atoms with Crippen molar-refractivity contribution in [2.45, 2.75) is 117 Å². The second-order valence-corrected chi connectivity index (χ2v) is 12.1. The zero-order valence-corrected chi connectivity index (χ0v) is 27.9. The second-order valence-electron chi connectivity index (χ2n) is 12.1. The molecule has 0 aromatic heterocycles. The Labute approximate surface area is 271 Å². The molecular formula is C33H50O13. The van der Waals surface area contributed by atoms with Crippen LogP contribution in [0.4, 0.5) is 0 Å². The summed E-state index contributed by atoms with van der Waals surface area (Å²) in [5, 5.41) is 0. The minimum atomic E-state index is -1.03. The number of hydrogen-bond donors (Lipinski definition) is 0. The van der Waals surface area contributed by atoms with Crippen LogP contribution >= 0.6 is 0 Å². The Bertz CT molecular complexity index is 1070. The molecule has 0 spiro atoms. The fraction of sp³-hybridized carbons (Fsp3) is 0.697. The molecule has 0 radical (unpaired) electrons. The molecule has 3 atom stereocenters. The van der Waals surface area contributed by atoms with Crippen LogP contribution in [-0.2, 0) is 61.9 Å². The normalized spacial score (nSPS) is 17.6. The average Bonchev–Trinajstić information content (AvgIpc) is 2.96. The van der Waals surface area contributed by atoms with Gasteiger partial charge in [-0.3, -0.25) is 19.2 Å². The molecule has 1 rings (SSSR count). The predicted octanol–water partition coefficient (Wildman–Crippen LogP) is 4.44. The maximum Gasteiger partial charge on any atom is 0.333 e. The quantitative estimate of drug-likeness (QED) is 0.0783. The molecule has 0 aliphatic carbocycles. The van der Waals surface area contributed by atoms with E-state index in [0.29, 0.717) is 38.5 Å². The highest BCUT2D eigenvalue weighted by molar-refractivity contribution is 5.87. The third kappa shape index (κ3) is 17.7. The summed E-state index contributed by atoms with van der Waals surface area (Å²) in [4.78, 5) is 72.4. The van der Waals surface area contributed by atoms with E-state index in [4.69, 9.17) is 33.2 Å². The molecule has 13 heteroatoms. The van der Waals surface area contributed by atoms with Crippen LogP contribution in [0.2, 0.25) is 0 Å². The van der Waals surface area contributed by atoms with Gasteiger partial charge in [-0.05, 0) is 73.1 Å². The van der Waals surface area contributed by atoms with E-state index < -0.39 is 53.8 Å². The average molecular weight is 655 g/mol. The van der Waals surface area contributed by atoms with Crippen molar-refractivity contribution in [2.75, 3.05) is 26.4 Å². The monoisotopic (exact) mass is 654 g/mol. The Kier molecular flexibility index (Phi) is 18.5. The van der Waals surface area contributed by atoms with E-state index in [2.05, 4.69) is 13.2 Å². The summed E-state index contributed by atoms with van der Waals surface area (Å²) in [7, 11) is 0. The third-order valence-electron chi connectivity index (χ3n) is 6.45. The molecule has 1 unspecified atom stereocenters. The van der Waals surface area contributed by atoms with Crippen molar-refractivity contribution in [1.29, 1.82) is 0 Å². The summed E-state index contributed by atoms with van der Waals surface area (Å²) in [6.45, 7) is 15.6. The van der Waals surface area contributed by atoms with Gasteiger partial charge in [0.05, 0.1) is 38.3 Å². The molecule has 1 heterocycles. The van der Waals surface area contributed by atoms with Crippen molar-refractivity contribution in [1.82, 2.24) is 0 Å². The molecule has 0 amide bonds. The first-order chi connectivity index (χ1) is 21.6. The largest absolute Gasteiger partial charge is 0.465 e. The minimum absolute atomic E-state index is 0.0361. The molecule has 1 fully saturated rings. The first-order valence-corrected chi connectivity index (χ1v) is 15.6. The zero-order chi connectivity index (χ0) is 34.7. The minimum Gasteiger partial charge on any atom is -0.465 e. The molecular weight excluding hydrogens is 604 g/mol. The molecule has 13 nitrogen and oxygen atoms in total. The van der Waals surface area contributed by atoms with E-state index >= 15 is 0 Å². The Morgan fingerprint density at radius 3 is 1.48 bits per heavy atom. The van der Waals surface area contributed by atoms with Crippen LogP contribution in [0, 0.1) is 5.41 Å². The van der Waals surface area contributed by atoms with Gasteiger partial charge in [-0.1, -0.05) is 13.2 Å². The number of unbranched alkanes of at least 4 members (excludes halogenated alkanes) is 3. The number of carbonyl (C=O) groups is 6. The van der Waals surface area contributed by atoms with E-state index in [9.17, 15) is 28.8 Å². The standard InChI is InChI=1S/C33H50O13/c1-22(2)30(37)40-17-11-8-15-27(35)45-25-21-43-29(46-28(36)16-9-12-18-41-31(38)23(3)4)20-24(25)44-26(34)14-10-13-19-42-32(39)33(5,6)7/h24-25,29H,1,3,8-21H2,2,4-7H3/t24-,25+,29?/m0/s1. The number of hydrogen-bond acceptors (Lipinski definition) is 13. The van der Waals surface area contributed by atoms with Gasteiger partial charge in [0.15, 0.2) is 6.10 Å². The van der Waals surface area contributed by atoms with Gasteiger partial charge in [-0.25, -0.2) is 9.59 Å². The van der Waals surface area contributed by atoms with Crippen molar-refractivity contribution < 1.29 is 61.9 Å². The van der Waals surface area contributed by atoms with Crippen LogP contribution in [0.5, 0.6) is 0 Å². The van der Waals surface area contributed by atoms with Crippen molar-refractivity contribution in [2.24, 2.45) is 5.41 Å². The summed E-state index contributed by atoms with van der Waals surface area (Å²) >= 11 is 0. The van der Waals surface area contributed by atoms with Gasteiger partial charge in [-0.2, -0.15) is 0 Å². The van der Waals surface area contributed by atoms with Crippen molar-refractivity contribution in [3.8, 4) is 0 Å². The van der Waals surface area contributed by atoms with Gasteiger partial charge >= 0.3 is 35.8 Å². The molecule has 46 heavy (non-hydrogen) atoms. The highest BCUT2D eigenvalue weighted by Gasteiger charge is 2.38. The predicted molar refractivity (Wildman–Crippen MR) is 164 cm³/mol. The zero-order valence-electron chi connectivity index (χ0n) is 27.9. The van der Waals surface area contributed by atoms with Gasteiger partial charge in [-0.15, -0.1) is 0 Å². The molecule has 0 N–H and O–H groups in total. The van der Waals surface area contributed by atoms with E-state index in [-0.39, 0.29) is 69.2 Å². The van der Waals surface area contributed by atoms with Crippen LogP contribution in [0.25, 0.3) is 0 Å². The fourth-order valence-corrected chi connectivity index (χ4v) is 3.77. The summed E-state index contributed by atoms with van der Waals surface area (Å²) in [6, 6.07) is 0. The van der Waals surface area contributed by atoms with Gasteiger partial charge in [0.2, 0.25) is 6.29 Å². The van der Waals surface area contributed by atoms with E-state index in [1.807, 2.05) is 0 Å². The summed E-state index contributed by atoms with van der Waals surface area (Å²) in [5.74, 6) is -2.98. The summed E-state index contributed by atoms with van der Waals surface area (Å²) in [5.41, 5.74) is -0.0473. The van der Waals surface area contributed by atoms with Crippen LogP contribution in [0.15, 0.2) is 24.3 Å². The summed E-state index contributed by atoms with van der Waals surface area (Å²) in [6.07, 6.45) is -0.264. The van der Waals surface area contributed by atoms with Crippen LogP contribution in [0.3, 0.4) is 0 Å². The van der Waals surface area contributed by atoms with E-state index in [1.165, 1.54) is 0 Å². The summed E-state index contributed by atoms with van der Waals surface area (Å²) < 4.78 is 37.4. The van der Waals surface area contributed by atoms with Gasteiger partial charge in [0.1, 0.15) is 6.10 Å². The number of rotatable bonds is 20. The molecule has 0 bridgehead atoms. The molecule has 1 aliphatic heterocycles. The lowest BCUT2D eigenvalue weighted by molar-refractivity contribution is -0.230. The Morgan fingerprint density at radius 2 is 1.04 bits per heavy atom. The van der Waals surface area contributed by atoms with Gasteiger partial charge in [0.25, 0.3) is 0 Å². The highest BCUT2D eigenvalue weighted by atomic mass is 16.7. The first-order valence-electron chi connectivity index (χ1n) is 15.6. The fourth-order valence-electron chi connectivity index (χ4n) is 3.77. The molecule has 260 valence electrons. The molecule has 1 aliphatic rings. The lowest BCUT2D eigenvalue weighted by atomic mass is 9.97. The molecule has 0 saturated carbocycles. The van der Waals surface area contributed by atoms with E-state index in [0.717, 1.165) is 0 Å². The lowest BCUT2D eigenvalue weighted by Crippen LogP contribution is -2.47. The lowest BCUT2D eigenvalue weighted by Gasteiger charge is -2.34. The second kappa shape index (κ2) is 21.1. The third-order valence-corrected chi connectivity index (χ3v) is 6.45. The van der Waals surface area contributed by atoms with Gasteiger partial charge < -0.3 is 33.2 Å². The Balaban J connectivity index is 2.61.